The van der Waals surface area contributed by atoms with Gasteiger partial charge < -0.3 is 14.2 Å². The van der Waals surface area contributed by atoms with Gasteiger partial charge in [-0.1, -0.05) is 60.7 Å². The van der Waals surface area contributed by atoms with Crippen LogP contribution in [0.4, 0.5) is 0 Å². The minimum atomic E-state index is -0.205. The number of nitrogens with zero attached hydrogens (tertiary/aromatic N) is 2. The highest BCUT2D eigenvalue weighted by atomic mass is 16.5. The van der Waals surface area contributed by atoms with Crippen molar-refractivity contribution in [2.75, 3.05) is 21.3 Å². The molecule has 6 nitrogen and oxygen atoms in total. The summed E-state index contributed by atoms with van der Waals surface area (Å²) in [6.07, 6.45) is 5.18. The Morgan fingerprint density at radius 1 is 0.917 bits per heavy atom. The van der Waals surface area contributed by atoms with Crippen LogP contribution in [0.1, 0.15) is 46.8 Å². The number of methoxy groups -OCH3 is 3. The first-order valence-corrected chi connectivity index (χ1v) is 12.2. The Kier molecular flexibility index (Phi) is 6.76. The van der Waals surface area contributed by atoms with E-state index in [2.05, 4.69) is 30.3 Å². The van der Waals surface area contributed by atoms with Crippen LogP contribution >= 0.6 is 0 Å². The molecule has 1 aliphatic carbocycles. The summed E-state index contributed by atoms with van der Waals surface area (Å²) in [5.74, 6) is 1.24. The number of amides is 1. The zero-order valence-electron chi connectivity index (χ0n) is 20.8. The quantitative estimate of drug-likeness (QED) is 0.423. The number of ether oxygens (including phenoxy) is 3. The van der Waals surface area contributed by atoms with Gasteiger partial charge in [-0.2, -0.15) is 5.10 Å². The maximum atomic E-state index is 14.0. The van der Waals surface area contributed by atoms with E-state index in [0.29, 0.717) is 22.8 Å². The molecule has 3 aromatic rings. The lowest BCUT2D eigenvalue weighted by Crippen LogP contribution is -2.32. The first kappa shape index (κ1) is 23.7. The summed E-state index contributed by atoms with van der Waals surface area (Å²) in [6.45, 7) is 0. The second-order valence-electron chi connectivity index (χ2n) is 8.98. The van der Waals surface area contributed by atoms with Crippen LogP contribution in [0.5, 0.6) is 17.2 Å². The van der Waals surface area contributed by atoms with E-state index in [1.54, 1.807) is 38.5 Å². The van der Waals surface area contributed by atoms with Crippen LogP contribution in [0, 0.1) is 5.92 Å². The van der Waals surface area contributed by atoms with E-state index in [1.165, 1.54) is 5.57 Å². The number of hydrogen-bond acceptors (Lipinski definition) is 5. The average molecular weight is 483 g/mol. The molecular weight excluding hydrogens is 452 g/mol. The van der Waals surface area contributed by atoms with E-state index in [4.69, 9.17) is 19.3 Å². The Balaban J connectivity index is 1.60. The van der Waals surface area contributed by atoms with Crippen molar-refractivity contribution in [1.29, 1.82) is 0 Å². The molecule has 184 valence electrons. The zero-order chi connectivity index (χ0) is 25.1. The number of carbonyl (C=O) groups excluding carboxylic acids is 1. The van der Waals surface area contributed by atoms with E-state index in [0.717, 1.165) is 36.1 Å². The average Bonchev–Trinajstić information content (AvgIpc) is 3.33. The van der Waals surface area contributed by atoms with Gasteiger partial charge in [-0.05, 0) is 54.2 Å². The fourth-order valence-electron chi connectivity index (χ4n) is 5.24. The van der Waals surface area contributed by atoms with Crippen molar-refractivity contribution in [2.24, 2.45) is 11.0 Å². The molecule has 1 aliphatic heterocycles. The van der Waals surface area contributed by atoms with Gasteiger partial charge in [-0.25, -0.2) is 5.01 Å². The molecule has 2 atom stereocenters. The summed E-state index contributed by atoms with van der Waals surface area (Å²) < 4.78 is 16.4. The predicted octanol–water partition coefficient (Wildman–Crippen LogP) is 6.15. The van der Waals surface area contributed by atoms with Crippen molar-refractivity contribution < 1.29 is 19.0 Å². The normalized spacial score (nSPS) is 20.0. The topological polar surface area (TPSA) is 60.4 Å². The molecule has 1 heterocycles. The molecule has 2 aliphatic rings. The standard InChI is InChI=1S/C30H30N2O4/c1-34-25-18-23(19-26(35-2)29(25)36-3)30(33)32-28(21-13-8-5-9-14-21)24-16-10-15-22(27(24)31-32)17-20-11-6-4-7-12-20/h4-9,11-14,17-19,24,28H,10,15-16H2,1-3H3/b22-17-/t24-,28-/m1/s1. The van der Waals surface area contributed by atoms with Crippen molar-refractivity contribution in [3.05, 3.63) is 95.1 Å². The van der Waals surface area contributed by atoms with Crippen LogP contribution in [0.2, 0.25) is 0 Å². The molecule has 0 spiro atoms. The smallest absolute Gasteiger partial charge is 0.274 e. The number of carbonyl (C=O) groups is 1. The van der Waals surface area contributed by atoms with Gasteiger partial charge in [0.25, 0.3) is 5.91 Å². The maximum Gasteiger partial charge on any atom is 0.274 e. The first-order chi connectivity index (χ1) is 17.6. The fraction of sp³-hybridized carbons (Fsp3) is 0.267. The minimum absolute atomic E-state index is 0.127. The second kappa shape index (κ2) is 10.3. The Labute approximate surface area is 211 Å². The highest BCUT2D eigenvalue weighted by molar-refractivity contribution is 6.09. The Bertz CT molecular complexity index is 1280. The second-order valence-corrected chi connectivity index (χ2v) is 8.98. The SMILES string of the molecule is COc1cc(C(=O)N2N=C3/C(=C\c4ccccc4)CCC[C@H]3[C@H]2c2ccccc2)cc(OC)c1OC. The highest BCUT2D eigenvalue weighted by Crippen LogP contribution is 2.46. The highest BCUT2D eigenvalue weighted by Gasteiger charge is 2.44. The van der Waals surface area contributed by atoms with Gasteiger partial charge in [-0.15, -0.1) is 0 Å². The summed E-state index contributed by atoms with van der Waals surface area (Å²) in [5.41, 5.74) is 4.84. The number of fused-ring (bicyclic) bond motifs is 1. The van der Waals surface area contributed by atoms with Crippen LogP contribution in [0.3, 0.4) is 0 Å². The zero-order valence-corrected chi connectivity index (χ0v) is 20.8. The molecule has 0 unspecified atom stereocenters. The summed E-state index contributed by atoms with van der Waals surface area (Å²) in [4.78, 5) is 14.0. The molecule has 0 N–H and O–H groups in total. The van der Waals surface area contributed by atoms with Gasteiger partial charge in [0.15, 0.2) is 11.5 Å². The molecule has 1 saturated carbocycles. The van der Waals surface area contributed by atoms with Gasteiger partial charge in [0.05, 0.1) is 33.1 Å². The summed E-state index contributed by atoms with van der Waals surface area (Å²) in [5, 5.41) is 6.65. The number of hydrogen-bond donors (Lipinski definition) is 0. The third-order valence-corrected chi connectivity index (χ3v) is 6.90. The van der Waals surface area contributed by atoms with E-state index >= 15 is 0 Å². The molecule has 1 fully saturated rings. The molecule has 0 saturated heterocycles. The first-order valence-electron chi connectivity index (χ1n) is 12.2. The van der Waals surface area contributed by atoms with Crippen molar-refractivity contribution in [3.8, 4) is 17.2 Å². The van der Waals surface area contributed by atoms with Crippen LogP contribution in [0.15, 0.2) is 83.5 Å². The van der Waals surface area contributed by atoms with Gasteiger partial charge in [0.2, 0.25) is 5.75 Å². The number of rotatable bonds is 6. The lowest BCUT2D eigenvalue weighted by atomic mass is 9.77. The number of allylic oxidation sites excluding steroid dienone is 1. The molecule has 6 heteroatoms. The molecule has 0 bridgehead atoms. The van der Waals surface area contributed by atoms with Gasteiger partial charge in [0.1, 0.15) is 0 Å². The molecule has 3 aromatic carbocycles. The number of benzene rings is 3. The molecule has 0 aromatic heterocycles. The maximum absolute atomic E-state index is 14.0. The Morgan fingerprint density at radius 3 is 2.17 bits per heavy atom. The fourth-order valence-corrected chi connectivity index (χ4v) is 5.24. The molecule has 36 heavy (non-hydrogen) atoms. The van der Waals surface area contributed by atoms with Crippen molar-refractivity contribution in [3.63, 3.8) is 0 Å². The van der Waals surface area contributed by atoms with Crippen LogP contribution in [0.25, 0.3) is 6.08 Å². The van der Waals surface area contributed by atoms with Crippen LogP contribution < -0.4 is 14.2 Å². The van der Waals surface area contributed by atoms with E-state index in [-0.39, 0.29) is 17.9 Å². The number of hydrazone groups is 1. The molecule has 1 amide bonds. The van der Waals surface area contributed by atoms with E-state index in [9.17, 15) is 4.79 Å². The van der Waals surface area contributed by atoms with Gasteiger partial charge in [-0.3, -0.25) is 4.79 Å². The van der Waals surface area contributed by atoms with E-state index < -0.39 is 0 Å². The lowest BCUT2D eigenvalue weighted by Gasteiger charge is -2.29. The van der Waals surface area contributed by atoms with Gasteiger partial charge >= 0.3 is 0 Å². The Morgan fingerprint density at radius 2 is 1.56 bits per heavy atom. The van der Waals surface area contributed by atoms with Gasteiger partial charge in [0, 0.05) is 11.5 Å². The third-order valence-electron chi connectivity index (χ3n) is 6.90. The third kappa shape index (κ3) is 4.35. The molecular formula is C30H30N2O4. The Hall–Kier alpha value is -4.06. The largest absolute Gasteiger partial charge is 0.493 e. The van der Waals surface area contributed by atoms with Crippen molar-refractivity contribution in [2.45, 2.75) is 25.3 Å². The lowest BCUT2D eigenvalue weighted by molar-refractivity contribution is 0.0680. The van der Waals surface area contributed by atoms with Crippen molar-refractivity contribution >= 4 is 17.7 Å². The summed E-state index contributed by atoms with van der Waals surface area (Å²) in [6, 6.07) is 23.6. The summed E-state index contributed by atoms with van der Waals surface area (Å²) >= 11 is 0. The van der Waals surface area contributed by atoms with Crippen LogP contribution in [-0.4, -0.2) is 38.0 Å². The predicted molar refractivity (Wildman–Crippen MR) is 141 cm³/mol. The molecule has 0 radical (unpaired) electrons. The molecule has 5 rings (SSSR count). The minimum Gasteiger partial charge on any atom is -0.493 e. The monoisotopic (exact) mass is 482 g/mol. The van der Waals surface area contributed by atoms with Crippen LogP contribution in [-0.2, 0) is 0 Å². The summed E-state index contributed by atoms with van der Waals surface area (Å²) in [7, 11) is 4.64. The van der Waals surface area contributed by atoms with Crippen molar-refractivity contribution in [1.82, 2.24) is 5.01 Å². The van der Waals surface area contributed by atoms with E-state index in [1.807, 2.05) is 36.4 Å².